The van der Waals surface area contributed by atoms with Gasteiger partial charge in [-0.2, -0.15) is 0 Å². The topological polar surface area (TPSA) is 42.0 Å². The van der Waals surface area contributed by atoms with Gasteiger partial charge in [-0.1, -0.05) is 25.7 Å². The first-order valence-electron chi connectivity index (χ1n) is 6.46. The smallest absolute Gasteiger partial charge is 0.225 e. The van der Waals surface area contributed by atoms with Crippen LogP contribution in [0.1, 0.15) is 44.1 Å². The van der Waals surface area contributed by atoms with E-state index in [0.29, 0.717) is 12.2 Å². The summed E-state index contributed by atoms with van der Waals surface area (Å²) in [6.07, 6.45) is 8.66. The number of hydrogen-bond donors (Lipinski definition) is 1. The Morgan fingerprint density at radius 3 is 2.94 bits per heavy atom. The van der Waals surface area contributed by atoms with Crippen LogP contribution in [0.4, 0.5) is 5.82 Å². The highest BCUT2D eigenvalue weighted by Gasteiger charge is 2.16. The first kappa shape index (κ1) is 12.1. The fourth-order valence-electron chi connectivity index (χ4n) is 2.44. The Hall–Kier alpha value is -1.38. The molecule has 1 aliphatic carbocycles. The lowest BCUT2D eigenvalue weighted by molar-refractivity contribution is -0.116. The minimum atomic E-state index is 0.0926. The van der Waals surface area contributed by atoms with Crippen molar-refractivity contribution in [2.75, 3.05) is 5.32 Å². The number of nitrogens with one attached hydrogen (secondary N) is 1. The molecule has 0 atom stereocenters. The van der Waals surface area contributed by atoms with Crippen LogP contribution >= 0.6 is 0 Å². The van der Waals surface area contributed by atoms with Gasteiger partial charge in [-0.15, -0.1) is 0 Å². The summed E-state index contributed by atoms with van der Waals surface area (Å²) in [5.74, 6) is 1.53. The number of anilines is 1. The molecular weight excluding hydrogens is 212 g/mol. The number of carbonyl (C=O) groups excluding carboxylic acids is 1. The second-order valence-corrected chi connectivity index (χ2v) is 4.96. The number of aryl methyl sites for hydroxylation is 1. The van der Waals surface area contributed by atoms with Crippen LogP contribution in [-0.4, -0.2) is 10.9 Å². The molecule has 0 bridgehead atoms. The van der Waals surface area contributed by atoms with Gasteiger partial charge in [-0.25, -0.2) is 4.98 Å². The molecule has 3 nitrogen and oxygen atoms in total. The van der Waals surface area contributed by atoms with Crippen LogP contribution in [0.2, 0.25) is 0 Å². The van der Waals surface area contributed by atoms with Crippen LogP contribution < -0.4 is 5.32 Å². The predicted molar refractivity (Wildman–Crippen MR) is 68.8 cm³/mol. The summed E-state index contributed by atoms with van der Waals surface area (Å²) in [4.78, 5) is 15.9. The third-order valence-corrected chi connectivity index (χ3v) is 3.44. The van der Waals surface area contributed by atoms with E-state index >= 15 is 0 Å². The lowest BCUT2D eigenvalue weighted by atomic mass is 10.0. The van der Waals surface area contributed by atoms with Gasteiger partial charge in [0.05, 0.1) is 0 Å². The molecule has 3 heteroatoms. The molecule has 1 amide bonds. The predicted octanol–water partition coefficient (Wildman–Crippen LogP) is 3.30. The molecule has 0 saturated heterocycles. The molecule has 1 fully saturated rings. The maximum absolute atomic E-state index is 11.7. The highest BCUT2D eigenvalue weighted by atomic mass is 16.1. The van der Waals surface area contributed by atoms with Gasteiger partial charge in [0, 0.05) is 12.6 Å². The van der Waals surface area contributed by atoms with E-state index in [4.69, 9.17) is 0 Å². The van der Waals surface area contributed by atoms with E-state index in [-0.39, 0.29) is 5.91 Å². The highest BCUT2D eigenvalue weighted by molar-refractivity contribution is 5.89. The van der Waals surface area contributed by atoms with Crippen molar-refractivity contribution in [2.45, 2.75) is 45.4 Å². The summed E-state index contributed by atoms with van der Waals surface area (Å²) in [5.41, 5.74) is 1.12. The molecule has 1 aromatic heterocycles. The number of carbonyl (C=O) groups is 1. The Kier molecular flexibility index (Phi) is 4.13. The Morgan fingerprint density at radius 1 is 1.47 bits per heavy atom. The summed E-state index contributed by atoms with van der Waals surface area (Å²) in [5, 5.41) is 2.86. The van der Waals surface area contributed by atoms with Crippen molar-refractivity contribution in [1.82, 2.24) is 4.98 Å². The SMILES string of the molecule is Cc1ccnc(NC(=O)CCC2CCCC2)c1. The molecule has 1 aromatic rings. The Bertz CT molecular complexity index is 384. The summed E-state index contributed by atoms with van der Waals surface area (Å²) >= 11 is 0. The fourth-order valence-corrected chi connectivity index (χ4v) is 2.44. The van der Waals surface area contributed by atoms with Crippen molar-refractivity contribution in [3.8, 4) is 0 Å². The Morgan fingerprint density at radius 2 is 2.24 bits per heavy atom. The van der Waals surface area contributed by atoms with Crippen LogP contribution in [0.15, 0.2) is 18.3 Å². The molecule has 17 heavy (non-hydrogen) atoms. The average Bonchev–Trinajstić information content (AvgIpc) is 2.79. The summed E-state index contributed by atoms with van der Waals surface area (Å²) in [6.45, 7) is 2.00. The van der Waals surface area contributed by atoms with Gasteiger partial charge in [0.15, 0.2) is 0 Å². The normalized spacial score (nSPS) is 16.1. The molecular formula is C14H20N2O. The number of pyridine rings is 1. The van der Waals surface area contributed by atoms with E-state index in [1.54, 1.807) is 6.20 Å². The van der Waals surface area contributed by atoms with Crippen LogP contribution in [0, 0.1) is 12.8 Å². The van der Waals surface area contributed by atoms with Crippen LogP contribution in [0.5, 0.6) is 0 Å². The van der Waals surface area contributed by atoms with E-state index in [2.05, 4.69) is 10.3 Å². The van der Waals surface area contributed by atoms with Crippen molar-refractivity contribution in [1.29, 1.82) is 0 Å². The Balaban J connectivity index is 1.76. The molecule has 1 saturated carbocycles. The summed E-state index contributed by atoms with van der Waals surface area (Å²) in [6, 6.07) is 3.82. The summed E-state index contributed by atoms with van der Waals surface area (Å²) < 4.78 is 0. The van der Waals surface area contributed by atoms with Gasteiger partial charge in [-0.05, 0) is 37.0 Å². The van der Waals surface area contributed by atoms with Crippen molar-refractivity contribution >= 4 is 11.7 Å². The molecule has 0 radical (unpaired) electrons. The molecule has 0 unspecified atom stereocenters. The van der Waals surface area contributed by atoms with Gasteiger partial charge < -0.3 is 5.32 Å². The van der Waals surface area contributed by atoms with Crippen molar-refractivity contribution in [3.63, 3.8) is 0 Å². The minimum absolute atomic E-state index is 0.0926. The monoisotopic (exact) mass is 232 g/mol. The molecule has 1 heterocycles. The summed E-state index contributed by atoms with van der Waals surface area (Å²) in [7, 11) is 0. The van der Waals surface area contributed by atoms with Gasteiger partial charge in [-0.3, -0.25) is 4.79 Å². The van der Waals surface area contributed by atoms with Gasteiger partial charge in [0.1, 0.15) is 5.82 Å². The lowest BCUT2D eigenvalue weighted by Crippen LogP contribution is -2.13. The third-order valence-electron chi connectivity index (χ3n) is 3.44. The number of hydrogen-bond acceptors (Lipinski definition) is 2. The van der Waals surface area contributed by atoms with Crippen LogP contribution in [-0.2, 0) is 4.79 Å². The number of rotatable bonds is 4. The largest absolute Gasteiger partial charge is 0.311 e. The first-order chi connectivity index (χ1) is 8.24. The minimum Gasteiger partial charge on any atom is -0.311 e. The molecule has 1 aliphatic rings. The standard InChI is InChI=1S/C14H20N2O/c1-11-8-9-15-13(10-11)16-14(17)7-6-12-4-2-3-5-12/h8-10,12H,2-7H2,1H3,(H,15,16,17). The molecule has 92 valence electrons. The molecule has 0 aliphatic heterocycles. The Labute approximate surface area is 103 Å². The van der Waals surface area contributed by atoms with E-state index in [1.165, 1.54) is 25.7 Å². The van der Waals surface area contributed by atoms with Gasteiger partial charge >= 0.3 is 0 Å². The number of nitrogens with zero attached hydrogens (tertiary/aromatic N) is 1. The molecule has 2 rings (SSSR count). The molecule has 1 N–H and O–H groups in total. The number of amides is 1. The van der Waals surface area contributed by atoms with E-state index < -0.39 is 0 Å². The second kappa shape index (κ2) is 5.80. The lowest BCUT2D eigenvalue weighted by Gasteiger charge is -2.08. The molecule has 0 spiro atoms. The van der Waals surface area contributed by atoms with Gasteiger partial charge in [0.2, 0.25) is 5.91 Å². The van der Waals surface area contributed by atoms with Crippen LogP contribution in [0.3, 0.4) is 0 Å². The van der Waals surface area contributed by atoms with Crippen molar-refractivity contribution < 1.29 is 4.79 Å². The van der Waals surface area contributed by atoms with E-state index in [0.717, 1.165) is 17.9 Å². The quantitative estimate of drug-likeness (QED) is 0.865. The zero-order valence-electron chi connectivity index (χ0n) is 10.4. The van der Waals surface area contributed by atoms with E-state index in [1.807, 2.05) is 19.1 Å². The zero-order chi connectivity index (χ0) is 12.1. The number of aromatic nitrogens is 1. The second-order valence-electron chi connectivity index (χ2n) is 4.96. The van der Waals surface area contributed by atoms with E-state index in [9.17, 15) is 4.79 Å². The van der Waals surface area contributed by atoms with Crippen molar-refractivity contribution in [2.24, 2.45) is 5.92 Å². The maximum atomic E-state index is 11.7. The van der Waals surface area contributed by atoms with Gasteiger partial charge in [0.25, 0.3) is 0 Å². The first-order valence-corrected chi connectivity index (χ1v) is 6.46. The average molecular weight is 232 g/mol. The highest BCUT2D eigenvalue weighted by Crippen LogP contribution is 2.28. The third kappa shape index (κ3) is 3.84. The maximum Gasteiger partial charge on any atom is 0.225 e. The van der Waals surface area contributed by atoms with Crippen molar-refractivity contribution in [3.05, 3.63) is 23.9 Å². The fraction of sp³-hybridized carbons (Fsp3) is 0.571. The zero-order valence-corrected chi connectivity index (χ0v) is 10.4. The molecule has 0 aromatic carbocycles. The van der Waals surface area contributed by atoms with Crippen LogP contribution in [0.25, 0.3) is 0 Å².